The Kier molecular flexibility index (Phi) is 4.16. The molecule has 2 rings (SSSR count). The molecule has 1 heterocycles. The van der Waals surface area contributed by atoms with Gasteiger partial charge >= 0.3 is 5.97 Å². The Morgan fingerprint density at radius 3 is 2.63 bits per heavy atom. The second-order valence-electron chi connectivity index (χ2n) is 4.07. The number of carbonyl (C=O) groups is 1. The van der Waals surface area contributed by atoms with E-state index in [1.165, 1.54) is 17.0 Å². The third-order valence-electron chi connectivity index (χ3n) is 2.73. The molecule has 0 spiro atoms. The molecular formula is C14H14FNO2S. The number of hydrogen-bond acceptors (Lipinski definition) is 3. The fraction of sp³-hybridized carbons (Fsp3) is 0.214. The van der Waals surface area contributed by atoms with E-state index in [1.54, 1.807) is 11.3 Å². The molecule has 0 amide bonds. The van der Waals surface area contributed by atoms with E-state index in [4.69, 9.17) is 5.11 Å². The van der Waals surface area contributed by atoms with E-state index in [1.807, 2.05) is 6.07 Å². The lowest BCUT2D eigenvalue weighted by atomic mass is 10.2. The Hall–Kier alpha value is -1.88. The van der Waals surface area contributed by atoms with Gasteiger partial charge in [-0.15, -0.1) is 11.3 Å². The molecule has 1 aromatic carbocycles. The van der Waals surface area contributed by atoms with Crippen LogP contribution >= 0.6 is 11.3 Å². The van der Waals surface area contributed by atoms with Gasteiger partial charge in [-0.3, -0.25) is 0 Å². The summed E-state index contributed by atoms with van der Waals surface area (Å²) in [6, 6.07) is 7.94. The molecule has 3 nitrogen and oxygen atoms in total. The highest BCUT2D eigenvalue weighted by Crippen LogP contribution is 2.20. The molecule has 0 atom stereocenters. The van der Waals surface area contributed by atoms with Crippen molar-refractivity contribution in [2.45, 2.75) is 19.9 Å². The van der Waals surface area contributed by atoms with Crippen molar-refractivity contribution in [3.8, 4) is 0 Å². The predicted octanol–water partition coefficient (Wildman–Crippen LogP) is 3.76. The van der Waals surface area contributed by atoms with Crippen molar-refractivity contribution in [3.63, 3.8) is 0 Å². The number of rotatable bonds is 5. The molecule has 2 N–H and O–H groups in total. The lowest BCUT2D eigenvalue weighted by Gasteiger charge is -2.06. The largest absolute Gasteiger partial charge is 0.478 e. The predicted molar refractivity (Wildman–Crippen MR) is 74.4 cm³/mol. The van der Waals surface area contributed by atoms with Crippen molar-refractivity contribution in [1.29, 1.82) is 0 Å². The zero-order chi connectivity index (χ0) is 13.8. The molecule has 0 unspecified atom stereocenters. The van der Waals surface area contributed by atoms with Gasteiger partial charge in [-0.1, -0.05) is 6.92 Å². The average molecular weight is 279 g/mol. The lowest BCUT2D eigenvalue weighted by molar-refractivity contribution is 0.0696. The molecule has 0 aliphatic carbocycles. The molecule has 0 radical (unpaired) electrons. The third kappa shape index (κ3) is 3.32. The van der Waals surface area contributed by atoms with Crippen LogP contribution < -0.4 is 5.32 Å². The van der Waals surface area contributed by atoms with Gasteiger partial charge in [0.05, 0.1) is 11.3 Å². The zero-order valence-electron chi connectivity index (χ0n) is 10.4. The Morgan fingerprint density at radius 1 is 1.32 bits per heavy atom. The summed E-state index contributed by atoms with van der Waals surface area (Å²) in [5.41, 5.74) is 0.267. The first-order valence-electron chi connectivity index (χ1n) is 5.94. The van der Waals surface area contributed by atoms with Gasteiger partial charge in [0.25, 0.3) is 0 Å². The van der Waals surface area contributed by atoms with Gasteiger partial charge in [0.1, 0.15) is 5.82 Å². The van der Waals surface area contributed by atoms with Gasteiger partial charge in [0.15, 0.2) is 0 Å². The van der Waals surface area contributed by atoms with Crippen LogP contribution in [-0.2, 0) is 13.0 Å². The minimum Gasteiger partial charge on any atom is -0.478 e. The monoisotopic (exact) mass is 279 g/mol. The van der Waals surface area contributed by atoms with Crippen molar-refractivity contribution in [2.24, 2.45) is 0 Å². The highest BCUT2D eigenvalue weighted by atomic mass is 32.1. The molecule has 0 fully saturated rings. The van der Waals surface area contributed by atoms with Crippen LogP contribution in [0.5, 0.6) is 0 Å². The summed E-state index contributed by atoms with van der Waals surface area (Å²) in [4.78, 5) is 13.1. The van der Waals surface area contributed by atoms with Crippen LogP contribution in [0.25, 0.3) is 0 Å². The van der Waals surface area contributed by atoms with Crippen molar-refractivity contribution in [1.82, 2.24) is 0 Å². The fourth-order valence-corrected chi connectivity index (χ4v) is 2.58. The fourth-order valence-electron chi connectivity index (χ4n) is 1.68. The maximum atomic E-state index is 13.7. The number of carboxylic acids is 1. The Balaban J connectivity index is 2.05. The number of thiophene rings is 1. The highest BCUT2D eigenvalue weighted by Gasteiger charge is 2.08. The lowest BCUT2D eigenvalue weighted by Crippen LogP contribution is -2.02. The van der Waals surface area contributed by atoms with Gasteiger partial charge in [0, 0.05) is 16.3 Å². The zero-order valence-corrected chi connectivity index (χ0v) is 11.3. The summed E-state index contributed by atoms with van der Waals surface area (Å²) in [6.45, 7) is 2.63. The second kappa shape index (κ2) is 5.84. The average Bonchev–Trinajstić information content (AvgIpc) is 2.85. The van der Waals surface area contributed by atoms with E-state index in [9.17, 15) is 9.18 Å². The normalized spacial score (nSPS) is 10.4. The summed E-state index contributed by atoms with van der Waals surface area (Å²) in [5.74, 6) is -1.68. The molecule has 0 bridgehead atoms. The third-order valence-corrected chi connectivity index (χ3v) is 3.96. The number of aromatic carboxylic acids is 1. The minimum atomic E-state index is -1.13. The van der Waals surface area contributed by atoms with Crippen molar-refractivity contribution in [3.05, 3.63) is 51.5 Å². The second-order valence-corrected chi connectivity index (χ2v) is 5.33. The first-order valence-corrected chi connectivity index (χ1v) is 6.76. The molecule has 5 heteroatoms. The summed E-state index contributed by atoms with van der Waals surface area (Å²) >= 11 is 1.69. The number of carboxylic acid groups (broad SMARTS) is 1. The van der Waals surface area contributed by atoms with E-state index >= 15 is 0 Å². The van der Waals surface area contributed by atoms with Crippen LogP contribution in [0.3, 0.4) is 0 Å². The molecule has 0 saturated heterocycles. The molecule has 0 aliphatic heterocycles. The molecular weight excluding hydrogens is 265 g/mol. The van der Waals surface area contributed by atoms with Crippen LogP contribution in [0.4, 0.5) is 10.1 Å². The molecule has 2 aromatic rings. The smallest absolute Gasteiger partial charge is 0.335 e. The summed E-state index contributed by atoms with van der Waals surface area (Å²) in [7, 11) is 0. The molecule has 0 aliphatic rings. The van der Waals surface area contributed by atoms with Crippen molar-refractivity contribution < 1.29 is 14.3 Å². The first-order chi connectivity index (χ1) is 9.10. The van der Waals surface area contributed by atoms with Crippen LogP contribution in [0, 0.1) is 5.82 Å². The molecule has 0 saturated carbocycles. The van der Waals surface area contributed by atoms with E-state index < -0.39 is 11.8 Å². The van der Waals surface area contributed by atoms with Crippen LogP contribution in [0.2, 0.25) is 0 Å². The van der Waals surface area contributed by atoms with Crippen LogP contribution in [0.15, 0.2) is 30.3 Å². The SMILES string of the molecule is CCc1ccc(CNc2ccc(C(=O)O)cc2F)s1. The summed E-state index contributed by atoms with van der Waals surface area (Å²) < 4.78 is 13.7. The van der Waals surface area contributed by atoms with Crippen molar-refractivity contribution in [2.75, 3.05) is 5.32 Å². The summed E-state index contributed by atoms with van der Waals surface area (Å²) in [6.07, 6.45) is 0.992. The van der Waals surface area contributed by atoms with E-state index in [-0.39, 0.29) is 5.56 Å². The first kappa shape index (κ1) is 13.5. The minimum absolute atomic E-state index is 0.0487. The maximum Gasteiger partial charge on any atom is 0.335 e. The van der Waals surface area contributed by atoms with Gasteiger partial charge in [-0.2, -0.15) is 0 Å². The van der Waals surface area contributed by atoms with Gasteiger partial charge in [-0.25, -0.2) is 9.18 Å². The number of aryl methyl sites for hydroxylation is 1. The van der Waals surface area contributed by atoms with Gasteiger partial charge < -0.3 is 10.4 Å². The number of halogens is 1. The Morgan fingerprint density at radius 2 is 2.05 bits per heavy atom. The summed E-state index contributed by atoms with van der Waals surface area (Å²) in [5, 5.41) is 11.7. The number of benzene rings is 1. The molecule has 19 heavy (non-hydrogen) atoms. The van der Waals surface area contributed by atoms with Crippen LogP contribution in [0.1, 0.15) is 27.0 Å². The quantitative estimate of drug-likeness (QED) is 0.876. The van der Waals surface area contributed by atoms with Crippen LogP contribution in [-0.4, -0.2) is 11.1 Å². The Labute approximate surface area is 114 Å². The van der Waals surface area contributed by atoms with Gasteiger partial charge in [-0.05, 0) is 36.8 Å². The molecule has 100 valence electrons. The van der Waals surface area contributed by atoms with E-state index in [0.29, 0.717) is 12.2 Å². The number of nitrogens with one attached hydrogen (secondary N) is 1. The molecule has 1 aromatic heterocycles. The van der Waals surface area contributed by atoms with E-state index in [2.05, 4.69) is 18.3 Å². The Bertz CT molecular complexity index is 595. The number of anilines is 1. The van der Waals surface area contributed by atoms with E-state index in [0.717, 1.165) is 17.4 Å². The standard InChI is InChI=1S/C14H14FNO2S/c1-2-10-4-5-11(19-10)8-16-13-6-3-9(14(17)18)7-12(13)15/h3-7,16H,2,8H2,1H3,(H,17,18). The van der Waals surface area contributed by atoms with Gasteiger partial charge in [0.2, 0.25) is 0 Å². The van der Waals surface area contributed by atoms with Crippen molar-refractivity contribution >= 4 is 23.0 Å². The number of hydrogen-bond donors (Lipinski definition) is 2. The topological polar surface area (TPSA) is 49.3 Å². The highest BCUT2D eigenvalue weighted by molar-refractivity contribution is 7.12. The maximum absolute atomic E-state index is 13.7.